The van der Waals surface area contributed by atoms with Gasteiger partial charge in [0.25, 0.3) is 0 Å². The number of carbonyl (C=O) groups is 2. The molecular formula is C30H50O4. The molecule has 0 amide bonds. The van der Waals surface area contributed by atoms with E-state index in [1.807, 2.05) is 0 Å². The van der Waals surface area contributed by atoms with Crippen LogP contribution in [0.15, 0.2) is 0 Å². The predicted octanol–water partition coefficient (Wildman–Crippen LogP) is 7.34. The van der Waals surface area contributed by atoms with Gasteiger partial charge >= 0.3 is 11.9 Å². The van der Waals surface area contributed by atoms with Crippen LogP contribution in [0.2, 0.25) is 0 Å². The maximum absolute atomic E-state index is 13.3. The van der Waals surface area contributed by atoms with Crippen molar-refractivity contribution in [1.29, 1.82) is 0 Å². The number of ether oxygens (including phenoxy) is 2. The van der Waals surface area contributed by atoms with Gasteiger partial charge in [0.2, 0.25) is 0 Å². The highest BCUT2D eigenvalue weighted by Gasteiger charge is 2.61. The van der Waals surface area contributed by atoms with E-state index in [4.69, 9.17) is 9.47 Å². The van der Waals surface area contributed by atoms with E-state index >= 15 is 0 Å². The zero-order valence-electron chi connectivity index (χ0n) is 22.2. The topological polar surface area (TPSA) is 52.6 Å². The van der Waals surface area contributed by atoms with Crippen molar-refractivity contribution in [3.05, 3.63) is 0 Å². The Morgan fingerprint density at radius 3 is 1.68 bits per heavy atom. The fourth-order valence-electron chi connectivity index (χ4n) is 8.15. The molecule has 4 unspecified atom stereocenters. The fourth-order valence-corrected chi connectivity index (χ4v) is 8.15. The van der Waals surface area contributed by atoms with Crippen molar-refractivity contribution in [1.82, 2.24) is 0 Å². The quantitative estimate of drug-likeness (QED) is 0.311. The molecule has 0 spiro atoms. The lowest BCUT2D eigenvalue weighted by molar-refractivity contribution is -0.167. The Bertz CT molecular complexity index is 673. The number of esters is 2. The second-order valence-corrected chi connectivity index (χ2v) is 12.8. The third-order valence-electron chi connectivity index (χ3n) is 10.2. The molecule has 2 bridgehead atoms. The SMILES string of the molecule is CCCC1CCC(COC(=O)C2C3CCC(C)(C3)C2C(=O)OCC2CCC(CCC)CC2)CC1. The first-order valence-corrected chi connectivity index (χ1v) is 14.8. The van der Waals surface area contributed by atoms with Gasteiger partial charge in [0.05, 0.1) is 25.0 Å². The standard InChI is InChI=1S/C30H50O4/c1-4-6-21-8-12-23(13-9-21)19-33-28(31)26-25-16-17-30(3,18-25)27(26)29(32)34-20-24-14-10-22(7-5-2)11-15-24/h21-27H,4-20H2,1-3H3. The van der Waals surface area contributed by atoms with E-state index < -0.39 is 0 Å². The molecule has 0 aromatic rings. The van der Waals surface area contributed by atoms with E-state index in [9.17, 15) is 9.59 Å². The van der Waals surface area contributed by atoms with Crippen LogP contribution >= 0.6 is 0 Å². The van der Waals surface area contributed by atoms with Gasteiger partial charge in [0, 0.05) is 0 Å². The summed E-state index contributed by atoms with van der Waals surface area (Å²) in [5.41, 5.74) is -0.0948. The van der Waals surface area contributed by atoms with E-state index in [0.717, 1.165) is 31.1 Å². The molecule has 0 radical (unpaired) electrons. The maximum Gasteiger partial charge on any atom is 0.310 e. The van der Waals surface area contributed by atoms with Crippen molar-refractivity contribution in [2.24, 2.45) is 46.8 Å². The lowest BCUT2D eigenvalue weighted by Gasteiger charge is -2.35. The first-order chi connectivity index (χ1) is 16.4. The summed E-state index contributed by atoms with van der Waals surface area (Å²) in [5.74, 6) is 2.17. The van der Waals surface area contributed by atoms with Crippen LogP contribution in [0, 0.1) is 46.8 Å². The lowest BCUT2D eigenvalue weighted by atomic mass is 9.71. The lowest BCUT2D eigenvalue weighted by Crippen LogP contribution is -2.41. The summed E-state index contributed by atoms with van der Waals surface area (Å²) in [6.45, 7) is 7.82. The van der Waals surface area contributed by atoms with Gasteiger partial charge in [-0.1, -0.05) is 72.1 Å². The van der Waals surface area contributed by atoms with Crippen LogP contribution in [0.25, 0.3) is 0 Å². The Balaban J connectivity index is 1.27. The van der Waals surface area contributed by atoms with E-state index in [0.29, 0.717) is 31.0 Å². The molecule has 0 aromatic heterocycles. The average molecular weight is 475 g/mol. The number of carbonyl (C=O) groups excluding carboxylic acids is 2. The average Bonchev–Trinajstić information content (AvgIpc) is 3.37. The molecule has 34 heavy (non-hydrogen) atoms. The van der Waals surface area contributed by atoms with Crippen LogP contribution < -0.4 is 0 Å². The molecule has 0 N–H and O–H groups in total. The minimum Gasteiger partial charge on any atom is -0.465 e. The van der Waals surface area contributed by atoms with Crippen LogP contribution in [0.3, 0.4) is 0 Å². The molecule has 4 aliphatic rings. The Kier molecular flexibility index (Phi) is 9.02. The summed E-state index contributed by atoms with van der Waals surface area (Å²) in [6.07, 6.45) is 18.0. The molecule has 4 rings (SSSR count). The van der Waals surface area contributed by atoms with Crippen LogP contribution in [0.4, 0.5) is 0 Å². The third kappa shape index (κ3) is 6.01. The second kappa shape index (κ2) is 11.8. The van der Waals surface area contributed by atoms with Crippen molar-refractivity contribution in [2.75, 3.05) is 13.2 Å². The molecule has 0 saturated heterocycles. The molecule has 0 aliphatic heterocycles. The van der Waals surface area contributed by atoms with Gasteiger partial charge in [-0.2, -0.15) is 0 Å². The van der Waals surface area contributed by atoms with Crippen LogP contribution in [-0.4, -0.2) is 25.2 Å². The molecule has 4 fully saturated rings. The van der Waals surface area contributed by atoms with Gasteiger partial charge in [0.1, 0.15) is 0 Å². The molecule has 0 heterocycles. The zero-order chi connectivity index (χ0) is 24.1. The molecule has 4 heteroatoms. The smallest absolute Gasteiger partial charge is 0.310 e. The Hall–Kier alpha value is -1.06. The molecule has 4 nitrogen and oxygen atoms in total. The maximum atomic E-state index is 13.3. The highest BCUT2D eigenvalue weighted by molar-refractivity contribution is 5.84. The minimum absolute atomic E-state index is 0.0948. The first-order valence-electron chi connectivity index (χ1n) is 14.8. The van der Waals surface area contributed by atoms with E-state index in [-0.39, 0.29) is 29.2 Å². The number of rotatable bonds is 10. The molecule has 4 aliphatic carbocycles. The number of fused-ring (bicyclic) bond motifs is 2. The minimum atomic E-state index is -0.310. The number of hydrogen-bond donors (Lipinski definition) is 0. The molecule has 4 saturated carbocycles. The molecule has 0 aromatic carbocycles. The fraction of sp³-hybridized carbons (Fsp3) is 0.933. The highest BCUT2D eigenvalue weighted by Crippen LogP contribution is 2.61. The summed E-state index contributed by atoms with van der Waals surface area (Å²) in [4.78, 5) is 26.6. The zero-order valence-corrected chi connectivity index (χ0v) is 22.2. The van der Waals surface area contributed by atoms with Crippen LogP contribution in [-0.2, 0) is 19.1 Å². The van der Waals surface area contributed by atoms with Crippen LogP contribution in [0.1, 0.15) is 117 Å². The molecule has 4 atom stereocenters. The van der Waals surface area contributed by atoms with E-state index in [2.05, 4.69) is 20.8 Å². The Morgan fingerprint density at radius 2 is 1.18 bits per heavy atom. The third-order valence-corrected chi connectivity index (χ3v) is 10.2. The molecule has 194 valence electrons. The summed E-state index contributed by atoms with van der Waals surface area (Å²) < 4.78 is 11.9. The van der Waals surface area contributed by atoms with Crippen molar-refractivity contribution < 1.29 is 19.1 Å². The monoisotopic (exact) mass is 474 g/mol. The van der Waals surface area contributed by atoms with Gasteiger partial charge in [-0.3, -0.25) is 9.59 Å². The van der Waals surface area contributed by atoms with E-state index in [1.165, 1.54) is 77.0 Å². The highest BCUT2D eigenvalue weighted by atomic mass is 16.5. The van der Waals surface area contributed by atoms with Crippen molar-refractivity contribution in [3.8, 4) is 0 Å². The largest absolute Gasteiger partial charge is 0.465 e. The molecular weight excluding hydrogens is 424 g/mol. The van der Waals surface area contributed by atoms with E-state index in [1.54, 1.807) is 0 Å². The van der Waals surface area contributed by atoms with Crippen LogP contribution in [0.5, 0.6) is 0 Å². The van der Waals surface area contributed by atoms with Crippen molar-refractivity contribution >= 4 is 11.9 Å². The summed E-state index contributed by atoms with van der Waals surface area (Å²) in [5, 5.41) is 0. The number of hydrogen-bond acceptors (Lipinski definition) is 4. The summed E-state index contributed by atoms with van der Waals surface area (Å²) >= 11 is 0. The van der Waals surface area contributed by atoms with Crippen molar-refractivity contribution in [2.45, 2.75) is 117 Å². The van der Waals surface area contributed by atoms with Gasteiger partial charge in [-0.05, 0) is 80.0 Å². The van der Waals surface area contributed by atoms with Crippen molar-refractivity contribution in [3.63, 3.8) is 0 Å². The Labute approximate surface area is 208 Å². The second-order valence-electron chi connectivity index (χ2n) is 12.8. The first kappa shape index (κ1) is 26.0. The van der Waals surface area contributed by atoms with Gasteiger partial charge in [-0.15, -0.1) is 0 Å². The summed E-state index contributed by atoms with van der Waals surface area (Å²) in [6, 6.07) is 0. The Morgan fingerprint density at radius 1 is 0.706 bits per heavy atom. The predicted molar refractivity (Wildman–Crippen MR) is 135 cm³/mol. The summed E-state index contributed by atoms with van der Waals surface area (Å²) in [7, 11) is 0. The van der Waals surface area contributed by atoms with Gasteiger partial charge in [0.15, 0.2) is 0 Å². The van der Waals surface area contributed by atoms with Gasteiger partial charge in [-0.25, -0.2) is 0 Å². The van der Waals surface area contributed by atoms with Gasteiger partial charge < -0.3 is 9.47 Å². The normalized spacial score (nSPS) is 39.7.